The van der Waals surface area contributed by atoms with Crippen molar-refractivity contribution < 1.29 is 4.74 Å². The Balaban J connectivity index is 0.00000112. The Hall–Kier alpha value is 0.290. The molecule has 2 rings (SSSR count). The van der Waals surface area contributed by atoms with Gasteiger partial charge < -0.3 is 10.5 Å². The lowest BCUT2D eigenvalue weighted by atomic mass is 10.3. The second-order valence-corrected chi connectivity index (χ2v) is 5.38. The third-order valence-corrected chi connectivity index (χ3v) is 3.28. The lowest BCUT2D eigenvalue weighted by molar-refractivity contribution is 0.279. The molecule has 0 aliphatic heterocycles. The number of hydrogen-bond acceptors (Lipinski definition) is 2. The lowest BCUT2D eigenvalue weighted by Gasteiger charge is -2.12. The molecule has 0 aromatic heterocycles. The fourth-order valence-corrected chi connectivity index (χ4v) is 1.75. The van der Waals surface area contributed by atoms with Crippen LogP contribution in [-0.2, 0) is 0 Å². The van der Waals surface area contributed by atoms with Crippen LogP contribution < -0.4 is 10.5 Å². The van der Waals surface area contributed by atoms with Crippen molar-refractivity contribution in [2.45, 2.75) is 18.4 Å². The Morgan fingerprint density at radius 2 is 2.13 bits per heavy atom. The number of halogens is 3. The van der Waals surface area contributed by atoms with Gasteiger partial charge in [0.2, 0.25) is 0 Å². The molecule has 1 fully saturated rings. The van der Waals surface area contributed by atoms with Crippen molar-refractivity contribution in [2.75, 3.05) is 6.61 Å². The molecule has 0 radical (unpaired) electrons. The van der Waals surface area contributed by atoms with Crippen molar-refractivity contribution in [3.05, 3.63) is 26.8 Å². The smallest absolute Gasteiger partial charge is 0.139 e. The van der Waals surface area contributed by atoms with Crippen LogP contribution in [-0.4, -0.2) is 12.1 Å². The first-order valence-corrected chi connectivity index (χ1v) is 5.91. The normalized spacial score (nSPS) is 16.7. The standard InChI is InChI=1S/C10H11ClINO.ClH/c11-8-2-1-7(12)5-9(8)14-6-10(13)3-4-10;/h1-2,5H,3-4,6,13H2;1H. The van der Waals surface area contributed by atoms with Crippen LogP contribution in [0.5, 0.6) is 5.75 Å². The van der Waals surface area contributed by atoms with E-state index in [1.807, 2.05) is 18.2 Å². The summed E-state index contributed by atoms with van der Waals surface area (Å²) < 4.78 is 6.70. The van der Waals surface area contributed by atoms with Gasteiger partial charge in [0.25, 0.3) is 0 Å². The molecule has 84 valence electrons. The number of nitrogens with two attached hydrogens (primary N) is 1. The molecule has 0 heterocycles. The van der Waals surface area contributed by atoms with Crippen LogP contribution >= 0.6 is 46.6 Å². The number of ether oxygens (including phenoxy) is 1. The summed E-state index contributed by atoms with van der Waals surface area (Å²) in [5.74, 6) is 0.732. The molecule has 1 aromatic carbocycles. The fourth-order valence-electron chi connectivity index (χ4n) is 1.11. The molecule has 5 heteroatoms. The van der Waals surface area contributed by atoms with E-state index in [9.17, 15) is 0 Å². The van der Waals surface area contributed by atoms with E-state index in [1.165, 1.54) is 0 Å². The van der Waals surface area contributed by atoms with Crippen LogP contribution in [0, 0.1) is 3.57 Å². The number of benzene rings is 1. The highest BCUT2D eigenvalue weighted by Crippen LogP contribution is 2.34. The van der Waals surface area contributed by atoms with Crippen LogP contribution in [0.25, 0.3) is 0 Å². The van der Waals surface area contributed by atoms with Crippen molar-refractivity contribution in [1.29, 1.82) is 0 Å². The first kappa shape index (κ1) is 13.4. The highest BCUT2D eigenvalue weighted by atomic mass is 127. The molecule has 0 saturated heterocycles. The molecule has 1 saturated carbocycles. The topological polar surface area (TPSA) is 35.2 Å². The minimum atomic E-state index is -0.0927. The minimum Gasteiger partial charge on any atom is -0.490 e. The van der Waals surface area contributed by atoms with E-state index in [0.29, 0.717) is 11.6 Å². The SMILES string of the molecule is Cl.NC1(COc2cc(I)ccc2Cl)CC1. The van der Waals surface area contributed by atoms with Crippen LogP contribution in [0.1, 0.15) is 12.8 Å². The van der Waals surface area contributed by atoms with E-state index in [4.69, 9.17) is 22.1 Å². The van der Waals surface area contributed by atoms with Gasteiger partial charge in [0.05, 0.1) is 10.6 Å². The van der Waals surface area contributed by atoms with Crippen LogP contribution in [0.3, 0.4) is 0 Å². The monoisotopic (exact) mass is 359 g/mol. The summed E-state index contributed by atoms with van der Waals surface area (Å²) in [6, 6.07) is 5.72. The zero-order valence-electron chi connectivity index (χ0n) is 8.00. The number of hydrogen-bond donors (Lipinski definition) is 1. The van der Waals surface area contributed by atoms with Crippen molar-refractivity contribution in [2.24, 2.45) is 5.73 Å². The Kier molecular flexibility index (Phi) is 4.52. The van der Waals surface area contributed by atoms with E-state index in [0.717, 1.165) is 22.2 Å². The van der Waals surface area contributed by atoms with Gasteiger partial charge in [-0.25, -0.2) is 0 Å². The summed E-state index contributed by atoms with van der Waals surface area (Å²) in [6.07, 6.45) is 2.10. The molecule has 2 nitrogen and oxygen atoms in total. The first-order chi connectivity index (χ1) is 6.59. The van der Waals surface area contributed by atoms with Crippen molar-refractivity contribution in [3.63, 3.8) is 0 Å². The zero-order valence-corrected chi connectivity index (χ0v) is 11.7. The maximum Gasteiger partial charge on any atom is 0.139 e. The Bertz CT molecular complexity index is 355. The molecule has 0 atom stereocenters. The average molecular weight is 360 g/mol. The van der Waals surface area contributed by atoms with Gasteiger partial charge in [-0.1, -0.05) is 11.6 Å². The molecule has 1 aliphatic rings. The Morgan fingerprint density at radius 3 is 2.73 bits per heavy atom. The maximum atomic E-state index is 5.98. The summed E-state index contributed by atoms with van der Waals surface area (Å²) >= 11 is 8.20. The quantitative estimate of drug-likeness (QED) is 0.841. The fraction of sp³-hybridized carbons (Fsp3) is 0.400. The molecule has 1 aromatic rings. The highest BCUT2D eigenvalue weighted by Gasteiger charge is 2.39. The molecule has 0 amide bonds. The van der Waals surface area contributed by atoms with Crippen molar-refractivity contribution in [1.82, 2.24) is 0 Å². The van der Waals surface area contributed by atoms with E-state index < -0.39 is 0 Å². The van der Waals surface area contributed by atoms with Crippen LogP contribution in [0.4, 0.5) is 0 Å². The van der Waals surface area contributed by atoms with Gasteiger partial charge in [-0.2, -0.15) is 0 Å². The second kappa shape index (κ2) is 5.08. The third kappa shape index (κ3) is 3.66. The predicted molar refractivity (Wildman–Crippen MR) is 73.1 cm³/mol. The van der Waals surface area contributed by atoms with Crippen molar-refractivity contribution >= 4 is 46.6 Å². The van der Waals surface area contributed by atoms with Gasteiger partial charge in [-0.15, -0.1) is 12.4 Å². The molecule has 15 heavy (non-hydrogen) atoms. The van der Waals surface area contributed by atoms with Gasteiger partial charge in [0.1, 0.15) is 12.4 Å². The molecule has 0 bridgehead atoms. The van der Waals surface area contributed by atoms with Crippen molar-refractivity contribution in [3.8, 4) is 5.75 Å². The second-order valence-electron chi connectivity index (χ2n) is 3.73. The van der Waals surface area contributed by atoms with Gasteiger partial charge >= 0.3 is 0 Å². The molecule has 0 unspecified atom stereocenters. The van der Waals surface area contributed by atoms with E-state index in [2.05, 4.69) is 22.6 Å². The summed E-state index contributed by atoms with van der Waals surface area (Å²) in [6.45, 7) is 0.562. The van der Waals surface area contributed by atoms with Crippen LogP contribution in [0.2, 0.25) is 5.02 Å². The minimum absolute atomic E-state index is 0. The van der Waals surface area contributed by atoms with Gasteiger partial charge in [-0.05, 0) is 53.6 Å². The molecule has 1 aliphatic carbocycles. The Labute approximate surface area is 114 Å². The molecular weight excluding hydrogens is 348 g/mol. The van der Waals surface area contributed by atoms with E-state index in [1.54, 1.807) is 0 Å². The summed E-state index contributed by atoms with van der Waals surface area (Å²) in [7, 11) is 0. The first-order valence-electron chi connectivity index (χ1n) is 4.46. The summed E-state index contributed by atoms with van der Waals surface area (Å²) in [4.78, 5) is 0. The molecule has 2 N–H and O–H groups in total. The van der Waals surface area contributed by atoms with Gasteiger partial charge in [-0.3, -0.25) is 0 Å². The largest absolute Gasteiger partial charge is 0.490 e. The highest BCUT2D eigenvalue weighted by molar-refractivity contribution is 14.1. The van der Waals surface area contributed by atoms with E-state index >= 15 is 0 Å². The van der Waals surface area contributed by atoms with Gasteiger partial charge in [0, 0.05) is 3.57 Å². The van der Waals surface area contributed by atoms with Crippen LogP contribution in [0.15, 0.2) is 18.2 Å². The predicted octanol–water partition coefficient (Wildman–Crippen LogP) is 3.24. The lowest BCUT2D eigenvalue weighted by Crippen LogP contribution is -2.29. The summed E-state index contributed by atoms with van der Waals surface area (Å²) in [5.41, 5.74) is 5.82. The molecule has 0 spiro atoms. The molecular formula is C10H12Cl2INO. The maximum absolute atomic E-state index is 5.98. The van der Waals surface area contributed by atoms with Gasteiger partial charge in [0.15, 0.2) is 0 Å². The zero-order chi connectivity index (χ0) is 10.2. The average Bonchev–Trinajstić information content (AvgIpc) is 2.87. The summed E-state index contributed by atoms with van der Waals surface area (Å²) in [5, 5.41) is 0.648. The number of rotatable bonds is 3. The third-order valence-electron chi connectivity index (χ3n) is 2.30. The Morgan fingerprint density at radius 1 is 1.47 bits per heavy atom. The van der Waals surface area contributed by atoms with E-state index in [-0.39, 0.29) is 17.9 Å².